The van der Waals surface area contributed by atoms with Crippen LogP contribution < -0.4 is 5.32 Å². The summed E-state index contributed by atoms with van der Waals surface area (Å²) >= 11 is 0. The van der Waals surface area contributed by atoms with Crippen molar-refractivity contribution in [3.05, 3.63) is 21.5 Å². The van der Waals surface area contributed by atoms with Gasteiger partial charge in [-0.15, -0.1) is 0 Å². The Labute approximate surface area is 108 Å². The van der Waals surface area contributed by atoms with Crippen LogP contribution in [0.2, 0.25) is 0 Å². The van der Waals surface area contributed by atoms with Gasteiger partial charge in [0.15, 0.2) is 0 Å². The Morgan fingerprint density at radius 3 is 2.50 bits per heavy atom. The second kappa shape index (κ2) is 7.10. The molecule has 6 heteroatoms. The molecule has 102 valence electrons. The molecule has 1 aromatic heterocycles. The Morgan fingerprint density at radius 2 is 2.00 bits per heavy atom. The topological polar surface area (TPSA) is 73.0 Å². The second-order valence-electron chi connectivity index (χ2n) is 4.18. The number of hydrogen-bond acceptors (Lipinski definition) is 4. The third kappa shape index (κ3) is 3.29. The van der Waals surface area contributed by atoms with E-state index >= 15 is 0 Å². The first-order chi connectivity index (χ1) is 8.65. The molecule has 0 spiro atoms. The normalized spacial score (nSPS) is 10.8. The third-order valence-corrected chi connectivity index (χ3v) is 2.88. The van der Waals surface area contributed by atoms with Gasteiger partial charge in [0.1, 0.15) is 11.4 Å². The average Bonchev–Trinajstić information content (AvgIpc) is 2.72. The molecule has 0 aliphatic rings. The monoisotopic (exact) mass is 254 g/mol. The molecule has 0 aromatic carbocycles. The van der Waals surface area contributed by atoms with Crippen molar-refractivity contribution in [2.75, 3.05) is 13.1 Å². The van der Waals surface area contributed by atoms with E-state index in [2.05, 4.69) is 17.3 Å². The van der Waals surface area contributed by atoms with Crippen LogP contribution in [0.15, 0.2) is 0 Å². The maximum absolute atomic E-state index is 11.1. The van der Waals surface area contributed by atoms with Gasteiger partial charge < -0.3 is 5.32 Å². The fraction of sp³-hybridized carbons (Fsp3) is 0.750. The SMILES string of the molecule is CCCNCCn1nc(CC)c([N+](=O)[O-])c1CC. The highest BCUT2D eigenvalue weighted by atomic mass is 16.6. The third-order valence-electron chi connectivity index (χ3n) is 2.88. The van der Waals surface area contributed by atoms with Gasteiger partial charge in [-0.3, -0.25) is 14.8 Å². The summed E-state index contributed by atoms with van der Waals surface area (Å²) < 4.78 is 1.78. The van der Waals surface area contributed by atoms with Crippen molar-refractivity contribution in [2.45, 2.75) is 46.6 Å². The molecule has 0 bridgehead atoms. The van der Waals surface area contributed by atoms with Crippen molar-refractivity contribution in [1.82, 2.24) is 15.1 Å². The zero-order valence-corrected chi connectivity index (χ0v) is 11.4. The van der Waals surface area contributed by atoms with Crippen molar-refractivity contribution < 1.29 is 4.92 Å². The molecule has 0 aliphatic heterocycles. The summed E-state index contributed by atoms with van der Waals surface area (Å²) in [5, 5.41) is 18.7. The number of rotatable bonds is 8. The van der Waals surface area contributed by atoms with E-state index in [0.717, 1.165) is 25.2 Å². The molecule has 0 atom stereocenters. The minimum atomic E-state index is -0.305. The van der Waals surface area contributed by atoms with E-state index in [-0.39, 0.29) is 10.6 Å². The number of aryl methyl sites for hydroxylation is 1. The smallest absolute Gasteiger partial charge is 0.313 e. The lowest BCUT2D eigenvalue weighted by Gasteiger charge is -2.06. The highest BCUT2D eigenvalue weighted by molar-refractivity contribution is 5.41. The Hall–Kier alpha value is -1.43. The number of nitro groups is 1. The molecule has 0 unspecified atom stereocenters. The number of nitrogens with one attached hydrogen (secondary N) is 1. The molecule has 1 rings (SSSR count). The molecule has 0 fully saturated rings. The van der Waals surface area contributed by atoms with E-state index in [1.807, 2.05) is 13.8 Å². The summed E-state index contributed by atoms with van der Waals surface area (Å²) in [7, 11) is 0. The molecule has 1 N–H and O–H groups in total. The molecule has 0 amide bonds. The summed E-state index contributed by atoms with van der Waals surface area (Å²) in [5.41, 5.74) is 1.53. The van der Waals surface area contributed by atoms with Gasteiger partial charge in [0.05, 0.1) is 11.5 Å². The van der Waals surface area contributed by atoms with E-state index < -0.39 is 0 Å². The molecule has 1 heterocycles. The van der Waals surface area contributed by atoms with Gasteiger partial charge in [-0.2, -0.15) is 5.10 Å². The minimum absolute atomic E-state index is 0.204. The lowest BCUT2D eigenvalue weighted by Crippen LogP contribution is -2.22. The van der Waals surface area contributed by atoms with Crippen LogP contribution in [0.3, 0.4) is 0 Å². The fourth-order valence-electron chi connectivity index (χ4n) is 2.01. The van der Waals surface area contributed by atoms with Gasteiger partial charge in [-0.05, 0) is 25.8 Å². The Morgan fingerprint density at radius 1 is 1.28 bits per heavy atom. The zero-order valence-electron chi connectivity index (χ0n) is 11.4. The van der Waals surface area contributed by atoms with Crippen LogP contribution in [0.4, 0.5) is 5.69 Å². The molecule has 0 aliphatic carbocycles. The summed E-state index contributed by atoms with van der Waals surface area (Å²) in [5.74, 6) is 0. The highest BCUT2D eigenvalue weighted by Gasteiger charge is 2.24. The van der Waals surface area contributed by atoms with Crippen molar-refractivity contribution in [2.24, 2.45) is 0 Å². The van der Waals surface area contributed by atoms with Crippen LogP contribution in [-0.2, 0) is 19.4 Å². The van der Waals surface area contributed by atoms with Gasteiger partial charge in [0, 0.05) is 6.54 Å². The lowest BCUT2D eigenvalue weighted by molar-refractivity contribution is -0.386. The van der Waals surface area contributed by atoms with Crippen LogP contribution in [-0.4, -0.2) is 27.8 Å². The molecular weight excluding hydrogens is 232 g/mol. The summed E-state index contributed by atoms with van der Waals surface area (Å²) in [6.45, 7) is 8.38. The quantitative estimate of drug-likeness (QED) is 0.437. The predicted octanol–water partition coefficient (Wildman–Crippen LogP) is 1.92. The maximum Gasteiger partial charge on any atom is 0.313 e. The molecule has 18 heavy (non-hydrogen) atoms. The largest absolute Gasteiger partial charge is 0.315 e. The van der Waals surface area contributed by atoms with Crippen molar-refractivity contribution in [3.63, 3.8) is 0 Å². The van der Waals surface area contributed by atoms with Crippen LogP contribution in [0.25, 0.3) is 0 Å². The first-order valence-electron chi connectivity index (χ1n) is 6.59. The standard InChI is InChI=1S/C12H22N4O2/c1-4-7-13-8-9-15-11(6-3)12(16(17)18)10(5-2)14-15/h13H,4-9H2,1-3H3. The van der Waals surface area contributed by atoms with Gasteiger partial charge in [0.2, 0.25) is 0 Å². The van der Waals surface area contributed by atoms with Crippen molar-refractivity contribution >= 4 is 5.69 Å². The molecule has 1 aromatic rings. The predicted molar refractivity (Wildman–Crippen MR) is 70.8 cm³/mol. The summed E-state index contributed by atoms with van der Waals surface area (Å²) in [6, 6.07) is 0. The summed E-state index contributed by atoms with van der Waals surface area (Å²) in [6.07, 6.45) is 2.32. The van der Waals surface area contributed by atoms with Crippen LogP contribution in [0, 0.1) is 10.1 Å². The Kier molecular flexibility index (Phi) is 5.77. The van der Waals surface area contributed by atoms with Gasteiger partial charge in [-0.1, -0.05) is 20.8 Å². The van der Waals surface area contributed by atoms with Gasteiger partial charge >= 0.3 is 5.69 Å². The molecule has 6 nitrogen and oxygen atoms in total. The molecular formula is C12H22N4O2. The van der Waals surface area contributed by atoms with E-state index in [0.29, 0.717) is 25.1 Å². The number of nitrogens with zero attached hydrogens (tertiary/aromatic N) is 3. The zero-order chi connectivity index (χ0) is 13.5. The first-order valence-corrected chi connectivity index (χ1v) is 6.59. The summed E-state index contributed by atoms with van der Waals surface area (Å²) in [4.78, 5) is 10.8. The van der Waals surface area contributed by atoms with E-state index in [1.165, 1.54) is 0 Å². The van der Waals surface area contributed by atoms with Gasteiger partial charge in [0.25, 0.3) is 0 Å². The van der Waals surface area contributed by atoms with E-state index in [9.17, 15) is 10.1 Å². The molecule has 0 saturated heterocycles. The van der Waals surface area contributed by atoms with Crippen LogP contribution in [0.5, 0.6) is 0 Å². The lowest BCUT2D eigenvalue weighted by atomic mass is 10.2. The first kappa shape index (κ1) is 14.6. The van der Waals surface area contributed by atoms with Crippen molar-refractivity contribution in [1.29, 1.82) is 0 Å². The second-order valence-corrected chi connectivity index (χ2v) is 4.18. The minimum Gasteiger partial charge on any atom is -0.315 e. The highest BCUT2D eigenvalue weighted by Crippen LogP contribution is 2.24. The van der Waals surface area contributed by atoms with Crippen LogP contribution >= 0.6 is 0 Å². The van der Waals surface area contributed by atoms with Crippen LogP contribution in [0.1, 0.15) is 38.6 Å². The van der Waals surface area contributed by atoms with E-state index in [4.69, 9.17) is 0 Å². The fourth-order valence-corrected chi connectivity index (χ4v) is 2.01. The Bertz CT molecular complexity index is 401. The molecule has 0 radical (unpaired) electrons. The molecule has 0 saturated carbocycles. The van der Waals surface area contributed by atoms with Crippen molar-refractivity contribution in [3.8, 4) is 0 Å². The Balaban J connectivity index is 2.87. The number of aromatic nitrogens is 2. The van der Waals surface area contributed by atoms with Gasteiger partial charge in [-0.25, -0.2) is 0 Å². The van der Waals surface area contributed by atoms with E-state index in [1.54, 1.807) is 4.68 Å². The average molecular weight is 254 g/mol. The maximum atomic E-state index is 11.1. The number of hydrogen-bond donors (Lipinski definition) is 1.